The van der Waals surface area contributed by atoms with Crippen molar-refractivity contribution in [2.24, 2.45) is 0 Å². The highest BCUT2D eigenvalue weighted by Crippen LogP contribution is 2.37. The third-order valence-electron chi connectivity index (χ3n) is 6.98. The van der Waals surface area contributed by atoms with Gasteiger partial charge in [-0.2, -0.15) is 0 Å². The summed E-state index contributed by atoms with van der Waals surface area (Å²) in [5, 5.41) is 2.09. The van der Waals surface area contributed by atoms with Crippen LogP contribution in [0.3, 0.4) is 0 Å². The van der Waals surface area contributed by atoms with Gasteiger partial charge in [-0.1, -0.05) is 60.2 Å². The Balaban J connectivity index is 1.48. The highest BCUT2D eigenvalue weighted by Gasteiger charge is 2.17. The SMILES string of the molecule is Cc1cc(C)c(-c2cc(-c3cccc4c3oc3nc(Cc5ccccc5)ccc34)ncc2C)c(C)c1. The van der Waals surface area contributed by atoms with Crippen LogP contribution >= 0.6 is 0 Å². The lowest BCUT2D eigenvalue weighted by atomic mass is 9.91. The molecule has 0 aliphatic rings. The van der Waals surface area contributed by atoms with Gasteiger partial charge in [-0.15, -0.1) is 0 Å². The molecule has 0 unspecified atom stereocenters. The summed E-state index contributed by atoms with van der Waals surface area (Å²) in [7, 11) is 0. The van der Waals surface area contributed by atoms with Crippen molar-refractivity contribution < 1.29 is 4.42 Å². The molecule has 6 aromatic rings. The molecule has 0 N–H and O–H groups in total. The van der Waals surface area contributed by atoms with Gasteiger partial charge < -0.3 is 4.42 Å². The van der Waals surface area contributed by atoms with Crippen LogP contribution in [0.4, 0.5) is 0 Å². The van der Waals surface area contributed by atoms with E-state index in [2.05, 4.69) is 100 Å². The minimum absolute atomic E-state index is 0.670. The molecule has 3 aromatic carbocycles. The van der Waals surface area contributed by atoms with Crippen molar-refractivity contribution in [2.75, 3.05) is 0 Å². The fraction of sp³-hybridized carbons (Fsp3) is 0.152. The molecule has 0 saturated carbocycles. The zero-order valence-corrected chi connectivity index (χ0v) is 21.1. The average molecular weight is 469 g/mol. The number of pyridine rings is 2. The molecule has 176 valence electrons. The second-order valence-electron chi connectivity index (χ2n) is 9.76. The Morgan fingerprint density at radius 2 is 1.47 bits per heavy atom. The number of aryl methyl sites for hydroxylation is 4. The van der Waals surface area contributed by atoms with Crippen LogP contribution in [0.2, 0.25) is 0 Å². The number of nitrogens with zero attached hydrogens (tertiary/aromatic N) is 2. The molecule has 0 atom stereocenters. The number of aromatic nitrogens is 2. The molecule has 0 radical (unpaired) electrons. The highest BCUT2D eigenvalue weighted by molar-refractivity contribution is 6.08. The van der Waals surface area contributed by atoms with Crippen molar-refractivity contribution >= 4 is 22.1 Å². The van der Waals surface area contributed by atoms with Crippen LogP contribution < -0.4 is 0 Å². The zero-order valence-electron chi connectivity index (χ0n) is 21.1. The Kier molecular flexibility index (Phi) is 5.41. The van der Waals surface area contributed by atoms with Crippen molar-refractivity contribution in [3.8, 4) is 22.4 Å². The average Bonchev–Trinajstić information content (AvgIpc) is 3.23. The maximum absolute atomic E-state index is 6.40. The fourth-order valence-corrected chi connectivity index (χ4v) is 5.37. The van der Waals surface area contributed by atoms with Crippen molar-refractivity contribution in [3.05, 3.63) is 119 Å². The lowest BCUT2D eigenvalue weighted by molar-refractivity contribution is 0.652. The maximum Gasteiger partial charge on any atom is 0.227 e. The molecule has 0 saturated heterocycles. The predicted octanol–water partition coefficient (Wildman–Crippen LogP) is 8.53. The molecule has 6 rings (SSSR count). The number of hydrogen-bond donors (Lipinski definition) is 0. The summed E-state index contributed by atoms with van der Waals surface area (Å²) >= 11 is 0. The summed E-state index contributed by atoms with van der Waals surface area (Å²) < 4.78 is 6.40. The molecule has 0 aliphatic carbocycles. The molecule has 0 fully saturated rings. The Morgan fingerprint density at radius 3 is 2.25 bits per heavy atom. The molecule has 0 bridgehead atoms. The van der Waals surface area contributed by atoms with Gasteiger partial charge in [-0.05, 0) is 85.3 Å². The Morgan fingerprint density at radius 1 is 0.694 bits per heavy atom. The fourth-order valence-electron chi connectivity index (χ4n) is 5.37. The first kappa shape index (κ1) is 22.2. The lowest BCUT2D eigenvalue weighted by Gasteiger charge is -2.15. The van der Waals surface area contributed by atoms with Gasteiger partial charge >= 0.3 is 0 Å². The van der Waals surface area contributed by atoms with E-state index >= 15 is 0 Å². The molecule has 0 aliphatic heterocycles. The second-order valence-corrected chi connectivity index (χ2v) is 9.76. The van der Waals surface area contributed by atoms with Crippen LogP contribution in [0.15, 0.2) is 89.5 Å². The number of fused-ring (bicyclic) bond motifs is 3. The summed E-state index contributed by atoms with van der Waals surface area (Å²) in [5.74, 6) is 0. The van der Waals surface area contributed by atoms with E-state index in [9.17, 15) is 0 Å². The quantitative estimate of drug-likeness (QED) is 0.260. The van der Waals surface area contributed by atoms with Gasteiger partial charge in [0.25, 0.3) is 0 Å². The monoisotopic (exact) mass is 468 g/mol. The van der Waals surface area contributed by atoms with E-state index in [0.717, 1.165) is 45.3 Å². The van der Waals surface area contributed by atoms with E-state index < -0.39 is 0 Å². The van der Waals surface area contributed by atoms with Crippen molar-refractivity contribution in [1.82, 2.24) is 9.97 Å². The Hall–Kier alpha value is -4.24. The Labute approximate surface area is 211 Å². The van der Waals surface area contributed by atoms with Crippen LogP contribution in [0.1, 0.15) is 33.5 Å². The molecule has 3 heterocycles. The van der Waals surface area contributed by atoms with Crippen molar-refractivity contribution in [1.29, 1.82) is 0 Å². The molecular formula is C33H28N2O. The summed E-state index contributed by atoms with van der Waals surface area (Å²) in [6, 6.07) is 27.6. The van der Waals surface area contributed by atoms with Gasteiger partial charge in [-0.25, -0.2) is 4.98 Å². The van der Waals surface area contributed by atoms with Gasteiger partial charge in [0.1, 0.15) is 5.58 Å². The highest BCUT2D eigenvalue weighted by atomic mass is 16.3. The minimum Gasteiger partial charge on any atom is -0.437 e. The van der Waals surface area contributed by atoms with E-state index in [1.807, 2.05) is 12.3 Å². The van der Waals surface area contributed by atoms with Crippen molar-refractivity contribution in [3.63, 3.8) is 0 Å². The van der Waals surface area contributed by atoms with Gasteiger partial charge in [0.05, 0.1) is 5.69 Å². The summed E-state index contributed by atoms with van der Waals surface area (Å²) in [4.78, 5) is 9.69. The summed E-state index contributed by atoms with van der Waals surface area (Å²) in [6.45, 7) is 8.65. The van der Waals surface area contributed by atoms with Crippen LogP contribution in [-0.2, 0) is 6.42 Å². The van der Waals surface area contributed by atoms with Gasteiger partial charge in [0.2, 0.25) is 5.71 Å². The van der Waals surface area contributed by atoms with Gasteiger partial charge in [0.15, 0.2) is 0 Å². The number of hydrogen-bond acceptors (Lipinski definition) is 3. The molecule has 0 spiro atoms. The normalized spacial score (nSPS) is 11.4. The van der Waals surface area contributed by atoms with E-state index in [0.29, 0.717) is 5.71 Å². The summed E-state index contributed by atoms with van der Waals surface area (Å²) in [6.07, 6.45) is 2.75. The minimum atomic E-state index is 0.670. The van der Waals surface area contributed by atoms with Crippen LogP contribution in [0.5, 0.6) is 0 Å². The topological polar surface area (TPSA) is 38.9 Å². The number of rotatable bonds is 4. The van der Waals surface area contributed by atoms with Crippen LogP contribution in [0.25, 0.3) is 44.5 Å². The molecule has 0 amide bonds. The zero-order chi connectivity index (χ0) is 24.8. The van der Waals surface area contributed by atoms with Gasteiger partial charge in [0, 0.05) is 34.6 Å². The van der Waals surface area contributed by atoms with Gasteiger partial charge in [-0.3, -0.25) is 4.98 Å². The standard InChI is InChI=1S/C33H28N2O/c1-20-15-21(2)31(22(3)16-20)29-18-30(34-19-23(29)4)28-12-8-11-26-27-14-13-25(35-33(27)36-32(26)28)17-24-9-6-5-7-10-24/h5-16,18-19H,17H2,1-4H3. The Bertz CT molecular complexity index is 1720. The summed E-state index contributed by atoms with van der Waals surface area (Å²) in [5.41, 5.74) is 13.1. The number of para-hydroxylation sites is 1. The third-order valence-corrected chi connectivity index (χ3v) is 6.98. The molecule has 3 nitrogen and oxygen atoms in total. The van der Waals surface area contributed by atoms with E-state index in [1.54, 1.807) is 0 Å². The number of furan rings is 1. The molecule has 3 heteroatoms. The molecular weight excluding hydrogens is 440 g/mol. The first-order valence-electron chi connectivity index (χ1n) is 12.4. The largest absolute Gasteiger partial charge is 0.437 e. The first-order valence-corrected chi connectivity index (χ1v) is 12.4. The molecule has 3 aromatic heterocycles. The third kappa shape index (κ3) is 3.87. The van der Waals surface area contributed by atoms with E-state index in [1.165, 1.54) is 33.4 Å². The van der Waals surface area contributed by atoms with E-state index in [4.69, 9.17) is 14.4 Å². The number of benzene rings is 3. The smallest absolute Gasteiger partial charge is 0.227 e. The van der Waals surface area contributed by atoms with Crippen LogP contribution in [-0.4, -0.2) is 9.97 Å². The predicted molar refractivity (Wildman–Crippen MR) is 148 cm³/mol. The first-order chi connectivity index (χ1) is 17.5. The van der Waals surface area contributed by atoms with Crippen molar-refractivity contribution in [2.45, 2.75) is 34.1 Å². The maximum atomic E-state index is 6.40. The van der Waals surface area contributed by atoms with E-state index in [-0.39, 0.29) is 0 Å². The van der Waals surface area contributed by atoms with Crippen LogP contribution in [0, 0.1) is 27.7 Å². The second kappa shape index (κ2) is 8.76. The molecule has 36 heavy (non-hydrogen) atoms. The lowest BCUT2D eigenvalue weighted by Crippen LogP contribution is -1.95.